The Kier molecular flexibility index (Phi) is 6.35. The van der Waals surface area contributed by atoms with Gasteiger partial charge in [0.25, 0.3) is 0 Å². The zero-order valence-corrected chi connectivity index (χ0v) is 13.3. The van der Waals surface area contributed by atoms with Crippen molar-refractivity contribution in [3.8, 4) is 0 Å². The van der Waals surface area contributed by atoms with Crippen molar-refractivity contribution in [3.63, 3.8) is 0 Å². The minimum Gasteiger partial charge on any atom is -0.371 e. The molecule has 1 amide bonds. The SMILES string of the molecule is CCCCCCC(C)(Nc1ccc(Br)cc1)C(N)=O. The van der Waals surface area contributed by atoms with E-state index < -0.39 is 5.54 Å². The van der Waals surface area contributed by atoms with E-state index in [0.29, 0.717) is 0 Å². The van der Waals surface area contributed by atoms with Crippen molar-refractivity contribution < 1.29 is 4.79 Å². The second kappa shape index (κ2) is 7.53. The molecule has 0 aliphatic heterocycles. The number of anilines is 1. The molecule has 0 spiro atoms. The zero-order valence-electron chi connectivity index (χ0n) is 11.7. The molecule has 0 aliphatic rings. The number of unbranched alkanes of at least 4 members (excludes halogenated alkanes) is 3. The molecule has 1 aromatic carbocycles. The number of nitrogens with two attached hydrogens (primary N) is 1. The molecule has 0 saturated carbocycles. The quantitative estimate of drug-likeness (QED) is 0.707. The summed E-state index contributed by atoms with van der Waals surface area (Å²) in [6.07, 6.45) is 5.30. The number of hydrogen-bond acceptors (Lipinski definition) is 2. The lowest BCUT2D eigenvalue weighted by Crippen LogP contribution is -2.47. The fourth-order valence-electron chi connectivity index (χ4n) is 2.00. The second-order valence-corrected chi connectivity index (χ2v) is 6.05. The normalized spacial score (nSPS) is 13.8. The largest absolute Gasteiger partial charge is 0.371 e. The smallest absolute Gasteiger partial charge is 0.242 e. The molecule has 1 unspecified atom stereocenters. The molecule has 0 aliphatic carbocycles. The van der Waals surface area contributed by atoms with E-state index in [9.17, 15) is 4.79 Å². The number of hydrogen-bond donors (Lipinski definition) is 2. The first-order valence-electron chi connectivity index (χ1n) is 6.81. The van der Waals surface area contributed by atoms with Crippen LogP contribution >= 0.6 is 15.9 Å². The summed E-state index contributed by atoms with van der Waals surface area (Å²) in [4.78, 5) is 11.7. The predicted molar refractivity (Wildman–Crippen MR) is 84.1 cm³/mol. The molecule has 0 aromatic heterocycles. The fraction of sp³-hybridized carbons (Fsp3) is 0.533. The lowest BCUT2D eigenvalue weighted by molar-refractivity contribution is -0.122. The Bertz CT molecular complexity index is 405. The van der Waals surface area contributed by atoms with Crippen LogP contribution in [0.3, 0.4) is 0 Å². The average molecular weight is 327 g/mol. The molecule has 3 N–H and O–H groups in total. The van der Waals surface area contributed by atoms with Gasteiger partial charge in [-0.1, -0.05) is 48.5 Å². The van der Waals surface area contributed by atoms with Gasteiger partial charge in [-0.15, -0.1) is 0 Å². The van der Waals surface area contributed by atoms with Crippen LogP contribution in [0.1, 0.15) is 46.0 Å². The van der Waals surface area contributed by atoms with E-state index in [1.807, 2.05) is 31.2 Å². The monoisotopic (exact) mass is 326 g/mol. The van der Waals surface area contributed by atoms with Gasteiger partial charge in [-0.3, -0.25) is 4.79 Å². The minimum atomic E-state index is -0.679. The summed E-state index contributed by atoms with van der Waals surface area (Å²) in [5, 5.41) is 3.26. The predicted octanol–water partition coefficient (Wildman–Crippen LogP) is 4.08. The Morgan fingerprint density at radius 3 is 2.42 bits per heavy atom. The van der Waals surface area contributed by atoms with Gasteiger partial charge in [-0.2, -0.15) is 0 Å². The highest BCUT2D eigenvalue weighted by atomic mass is 79.9. The maximum atomic E-state index is 11.7. The molecule has 1 aromatic rings. The van der Waals surface area contributed by atoms with Crippen molar-refractivity contribution in [1.82, 2.24) is 0 Å². The van der Waals surface area contributed by atoms with Crippen molar-refractivity contribution in [3.05, 3.63) is 28.7 Å². The third kappa shape index (κ3) is 5.23. The van der Waals surface area contributed by atoms with E-state index in [1.165, 1.54) is 12.8 Å². The van der Waals surface area contributed by atoms with E-state index >= 15 is 0 Å². The van der Waals surface area contributed by atoms with Crippen molar-refractivity contribution in [2.75, 3.05) is 5.32 Å². The van der Waals surface area contributed by atoms with Crippen LogP contribution in [0.25, 0.3) is 0 Å². The number of rotatable bonds is 8. The minimum absolute atomic E-state index is 0.299. The van der Waals surface area contributed by atoms with Gasteiger partial charge in [0.2, 0.25) is 5.91 Å². The number of carbonyl (C=O) groups is 1. The molecule has 106 valence electrons. The van der Waals surface area contributed by atoms with Crippen LogP contribution < -0.4 is 11.1 Å². The van der Waals surface area contributed by atoms with Crippen molar-refractivity contribution in [2.45, 2.75) is 51.5 Å². The van der Waals surface area contributed by atoms with Crippen LogP contribution in [0.15, 0.2) is 28.7 Å². The summed E-state index contributed by atoms with van der Waals surface area (Å²) in [5.74, 6) is -0.299. The maximum absolute atomic E-state index is 11.7. The van der Waals surface area contributed by atoms with Crippen LogP contribution in [-0.2, 0) is 4.79 Å². The zero-order chi connectivity index (χ0) is 14.3. The van der Waals surface area contributed by atoms with Crippen molar-refractivity contribution in [1.29, 1.82) is 0 Å². The van der Waals surface area contributed by atoms with Crippen molar-refractivity contribution in [2.24, 2.45) is 5.73 Å². The van der Waals surface area contributed by atoms with Gasteiger partial charge in [0, 0.05) is 10.2 Å². The Morgan fingerprint density at radius 2 is 1.89 bits per heavy atom. The lowest BCUT2D eigenvalue weighted by Gasteiger charge is -2.28. The van der Waals surface area contributed by atoms with Gasteiger partial charge in [0.1, 0.15) is 5.54 Å². The molecule has 3 nitrogen and oxygen atoms in total. The Hall–Kier alpha value is -1.03. The number of halogens is 1. The Labute approximate surface area is 124 Å². The molecule has 0 bridgehead atoms. The highest BCUT2D eigenvalue weighted by Gasteiger charge is 2.30. The van der Waals surface area contributed by atoms with Crippen molar-refractivity contribution >= 4 is 27.5 Å². The number of benzene rings is 1. The van der Waals surface area contributed by atoms with Gasteiger partial charge >= 0.3 is 0 Å². The van der Waals surface area contributed by atoms with Crippen LogP contribution in [-0.4, -0.2) is 11.4 Å². The van der Waals surface area contributed by atoms with Gasteiger partial charge in [0.05, 0.1) is 0 Å². The molecular weight excluding hydrogens is 304 g/mol. The number of amides is 1. The van der Waals surface area contributed by atoms with Crippen LogP contribution in [0.5, 0.6) is 0 Å². The summed E-state index contributed by atoms with van der Waals surface area (Å²) in [7, 11) is 0. The molecular formula is C15H23BrN2O. The van der Waals surface area contributed by atoms with Crippen LogP contribution in [0.4, 0.5) is 5.69 Å². The third-order valence-electron chi connectivity index (χ3n) is 3.34. The highest BCUT2D eigenvalue weighted by Crippen LogP contribution is 2.23. The second-order valence-electron chi connectivity index (χ2n) is 5.14. The molecule has 0 fully saturated rings. The van der Waals surface area contributed by atoms with Crippen LogP contribution in [0.2, 0.25) is 0 Å². The fourth-order valence-corrected chi connectivity index (χ4v) is 2.27. The number of primary amides is 1. The first kappa shape index (κ1) is 16.0. The Balaban J connectivity index is 2.65. The number of carbonyl (C=O) groups excluding carboxylic acids is 1. The highest BCUT2D eigenvalue weighted by molar-refractivity contribution is 9.10. The summed E-state index contributed by atoms with van der Waals surface area (Å²) < 4.78 is 1.02. The number of nitrogens with one attached hydrogen (secondary N) is 1. The van der Waals surface area contributed by atoms with Gasteiger partial charge in [0.15, 0.2) is 0 Å². The van der Waals surface area contributed by atoms with E-state index in [1.54, 1.807) is 0 Å². The molecule has 1 rings (SSSR count). The maximum Gasteiger partial charge on any atom is 0.242 e. The van der Waals surface area contributed by atoms with E-state index in [4.69, 9.17) is 5.73 Å². The average Bonchev–Trinajstić information content (AvgIpc) is 2.37. The molecule has 4 heteroatoms. The van der Waals surface area contributed by atoms with E-state index in [2.05, 4.69) is 28.2 Å². The summed E-state index contributed by atoms with van der Waals surface area (Å²) >= 11 is 3.39. The van der Waals surface area contributed by atoms with Gasteiger partial charge in [-0.25, -0.2) is 0 Å². The molecule has 0 heterocycles. The first-order valence-corrected chi connectivity index (χ1v) is 7.61. The van der Waals surface area contributed by atoms with Gasteiger partial charge in [-0.05, 0) is 37.6 Å². The topological polar surface area (TPSA) is 55.1 Å². The molecule has 1 atom stereocenters. The summed E-state index contributed by atoms with van der Waals surface area (Å²) in [6.45, 7) is 4.05. The third-order valence-corrected chi connectivity index (χ3v) is 3.87. The standard InChI is InChI=1S/C15H23BrN2O/c1-3-4-5-6-11-15(2,14(17)19)18-13-9-7-12(16)8-10-13/h7-10,18H,3-6,11H2,1-2H3,(H2,17,19). The summed E-state index contributed by atoms with van der Waals surface area (Å²) in [5.41, 5.74) is 5.79. The molecule has 0 saturated heterocycles. The molecule has 19 heavy (non-hydrogen) atoms. The summed E-state index contributed by atoms with van der Waals surface area (Å²) in [6, 6.07) is 7.77. The van der Waals surface area contributed by atoms with Gasteiger partial charge < -0.3 is 11.1 Å². The van der Waals surface area contributed by atoms with E-state index in [-0.39, 0.29) is 5.91 Å². The molecule has 0 radical (unpaired) electrons. The Morgan fingerprint density at radius 1 is 1.26 bits per heavy atom. The first-order chi connectivity index (χ1) is 8.98. The van der Waals surface area contributed by atoms with E-state index in [0.717, 1.165) is 29.4 Å². The van der Waals surface area contributed by atoms with Crippen LogP contribution in [0, 0.1) is 0 Å². The lowest BCUT2D eigenvalue weighted by atomic mass is 9.93.